The Morgan fingerprint density at radius 3 is 1.89 bits per heavy atom. The van der Waals surface area contributed by atoms with Gasteiger partial charge in [0.05, 0.1) is 19.8 Å². The first-order valence-corrected chi connectivity index (χ1v) is 9.56. The molecule has 2 aromatic rings. The number of hydrogen-bond donors (Lipinski definition) is 1. The summed E-state index contributed by atoms with van der Waals surface area (Å²) in [5.74, 6) is 0. The minimum absolute atomic E-state index is 0.145. The summed E-state index contributed by atoms with van der Waals surface area (Å²) in [6.07, 6.45) is -2.63. The maximum absolute atomic E-state index is 9.73. The lowest BCUT2D eigenvalue weighted by Gasteiger charge is -2.39. The van der Waals surface area contributed by atoms with E-state index in [0.29, 0.717) is 13.2 Å². The first-order chi connectivity index (χ1) is 13.8. The number of fused-ring (bicyclic) bond motifs is 2. The van der Waals surface area contributed by atoms with E-state index in [4.69, 9.17) is 23.7 Å². The fourth-order valence-electron chi connectivity index (χ4n) is 3.80. The van der Waals surface area contributed by atoms with Crippen molar-refractivity contribution in [2.75, 3.05) is 13.7 Å². The molecule has 150 valence electrons. The van der Waals surface area contributed by atoms with E-state index in [1.807, 2.05) is 60.7 Å². The van der Waals surface area contributed by atoms with Crippen molar-refractivity contribution in [3.8, 4) is 0 Å². The number of ether oxygens (including phenoxy) is 5. The largest absolute Gasteiger partial charge is 0.394 e. The minimum atomic E-state index is -0.577. The zero-order valence-corrected chi connectivity index (χ0v) is 15.8. The van der Waals surface area contributed by atoms with E-state index in [0.717, 1.165) is 11.1 Å². The molecule has 0 aromatic heterocycles. The van der Waals surface area contributed by atoms with E-state index in [-0.39, 0.29) is 18.8 Å². The standard InChI is InChI=1S/C22H26O6/c1-24-22-21(26-14-16-10-6-3-7-11-16)20-19(18(28-22)17(12-23)27-20)25-13-15-8-4-2-5-9-15/h2-11,17-23H,12-14H2,1H3/t17-,18+,19+,20-,21-,22+/m0/s1. The molecule has 0 amide bonds. The average Bonchev–Trinajstić information content (AvgIpc) is 3.01. The van der Waals surface area contributed by atoms with Crippen LogP contribution in [0.5, 0.6) is 0 Å². The SMILES string of the molecule is CO[C@@H]1O[C@H]2[C@@H](OCc3ccccc3)[C@H](O[C@H]2CO)[C@@H]1OCc1ccccc1. The monoisotopic (exact) mass is 386 g/mol. The van der Waals surface area contributed by atoms with Crippen molar-refractivity contribution in [1.29, 1.82) is 0 Å². The Kier molecular flexibility index (Phi) is 6.36. The van der Waals surface area contributed by atoms with Gasteiger partial charge < -0.3 is 28.8 Å². The highest BCUT2D eigenvalue weighted by Crippen LogP contribution is 2.38. The third-order valence-electron chi connectivity index (χ3n) is 5.21. The van der Waals surface area contributed by atoms with Crippen LogP contribution in [0.3, 0.4) is 0 Å². The fourth-order valence-corrected chi connectivity index (χ4v) is 3.80. The lowest BCUT2D eigenvalue weighted by atomic mass is 9.99. The summed E-state index contributed by atoms with van der Waals surface area (Å²) in [4.78, 5) is 0. The van der Waals surface area contributed by atoms with Crippen molar-refractivity contribution in [2.45, 2.75) is 50.0 Å². The zero-order chi connectivity index (χ0) is 19.3. The molecule has 0 radical (unpaired) electrons. The molecule has 6 atom stereocenters. The Morgan fingerprint density at radius 1 is 0.786 bits per heavy atom. The molecule has 0 spiro atoms. The van der Waals surface area contributed by atoms with Gasteiger partial charge in [-0.25, -0.2) is 0 Å². The van der Waals surface area contributed by atoms with Gasteiger partial charge in [0.25, 0.3) is 0 Å². The minimum Gasteiger partial charge on any atom is -0.394 e. The molecule has 6 heteroatoms. The smallest absolute Gasteiger partial charge is 0.186 e. The molecule has 4 rings (SSSR count). The highest BCUT2D eigenvalue weighted by Gasteiger charge is 2.57. The van der Waals surface area contributed by atoms with Crippen molar-refractivity contribution in [1.82, 2.24) is 0 Å². The Morgan fingerprint density at radius 2 is 1.36 bits per heavy atom. The van der Waals surface area contributed by atoms with Crippen LogP contribution in [0, 0.1) is 0 Å². The number of benzene rings is 2. The van der Waals surface area contributed by atoms with Crippen molar-refractivity contribution < 1.29 is 28.8 Å². The van der Waals surface area contributed by atoms with E-state index >= 15 is 0 Å². The fraction of sp³-hybridized carbons (Fsp3) is 0.455. The third-order valence-corrected chi connectivity index (χ3v) is 5.21. The molecule has 6 nitrogen and oxygen atoms in total. The maximum atomic E-state index is 9.73. The van der Waals surface area contributed by atoms with Gasteiger partial charge in [0, 0.05) is 7.11 Å². The molecular formula is C22H26O6. The summed E-state index contributed by atoms with van der Waals surface area (Å²) in [6, 6.07) is 19.9. The number of aliphatic hydroxyl groups is 1. The van der Waals surface area contributed by atoms with E-state index in [2.05, 4.69) is 0 Å². The first kappa shape index (κ1) is 19.5. The zero-order valence-electron chi connectivity index (χ0n) is 15.8. The van der Waals surface area contributed by atoms with Gasteiger partial charge in [-0.1, -0.05) is 60.7 Å². The quantitative estimate of drug-likeness (QED) is 0.751. The molecule has 2 bridgehead atoms. The second-order valence-corrected chi connectivity index (χ2v) is 7.05. The summed E-state index contributed by atoms with van der Waals surface area (Å²) in [6.45, 7) is 0.703. The van der Waals surface area contributed by atoms with Crippen molar-refractivity contribution in [2.24, 2.45) is 0 Å². The van der Waals surface area contributed by atoms with Crippen LogP contribution in [-0.4, -0.2) is 55.6 Å². The van der Waals surface area contributed by atoms with Crippen LogP contribution in [-0.2, 0) is 36.9 Å². The molecule has 2 aliphatic heterocycles. The van der Waals surface area contributed by atoms with Crippen LogP contribution in [0.25, 0.3) is 0 Å². The maximum Gasteiger partial charge on any atom is 0.186 e. The third kappa shape index (κ3) is 4.12. The van der Waals surface area contributed by atoms with Gasteiger partial charge >= 0.3 is 0 Å². The van der Waals surface area contributed by atoms with Gasteiger partial charge in [-0.05, 0) is 11.1 Å². The molecule has 0 saturated carbocycles. The Balaban J connectivity index is 1.48. The summed E-state index contributed by atoms with van der Waals surface area (Å²) < 4.78 is 30.0. The van der Waals surface area contributed by atoms with Crippen LogP contribution in [0.15, 0.2) is 60.7 Å². The molecule has 28 heavy (non-hydrogen) atoms. The topological polar surface area (TPSA) is 66.4 Å². The van der Waals surface area contributed by atoms with E-state index in [9.17, 15) is 5.11 Å². The van der Waals surface area contributed by atoms with Crippen molar-refractivity contribution in [3.05, 3.63) is 71.8 Å². The Hall–Kier alpha value is -1.80. The van der Waals surface area contributed by atoms with Gasteiger partial charge in [-0.15, -0.1) is 0 Å². The molecule has 2 aliphatic rings. The van der Waals surface area contributed by atoms with Crippen LogP contribution >= 0.6 is 0 Å². The highest BCUT2D eigenvalue weighted by molar-refractivity contribution is 5.15. The van der Waals surface area contributed by atoms with E-state index in [1.54, 1.807) is 7.11 Å². The van der Waals surface area contributed by atoms with Gasteiger partial charge in [-0.3, -0.25) is 0 Å². The predicted octanol–water partition coefficient (Wildman–Crippen LogP) is 2.29. The number of aliphatic hydroxyl groups excluding tert-OH is 1. The molecule has 2 aromatic carbocycles. The molecule has 1 N–H and O–H groups in total. The molecule has 0 unspecified atom stereocenters. The van der Waals surface area contributed by atoms with Crippen molar-refractivity contribution >= 4 is 0 Å². The number of rotatable bonds is 8. The van der Waals surface area contributed by atoms with Crippen molar-refractivity contribution in [3.63, 3.8) is 0 Å². The second kappa shape index (κ2) is 9.13. The summed E-state index contributed by atoms with van der Waals surface area (Å²) >= 11 is 0. The van der Waals surface area contributed by atoms with Gasteiger partial charge in [0.1, 0.15) is 30.5 Å². The van der Waals surface area contributed by atoms with E-state index in [1.165, 1.54) is 0 Å². The van der Waals surface area contributed by atoms with Crippen LogP contribution < -0.4 is 0 Å². The Labute approximate surface area is 164 Å². The summed E-state index contributed by atoms with van der Waals surface area (Å²) in [7, 11) is 1.59. The normalized spacial score (nSPS) is 31.8. The molecule has 2 heterocycles. The first-order valence-electron chi connectivity index (χ1n) is 9.56. The van der Waals surface area contributed by atoms with Gasteiger partial charge in [0.15, 0.2) is 6.29 Å². The molecular weight excluding hydrogens is 360 g/mol. The second-order valence-electron chi connectivity index (χ2n) is 7.05. The Bertz CT molecular complexity index is 724. The van der Waals surface area contributed by atoms with Gasteiger partial charge in [-0.2, -0.15) is 0 Å². The van der Waals surface area contributed by atoms with Crippen LogP contribution in [0.4, 0.5) is 0 Å². The lowest BCUT2D eigenvalue weighted by molar-refractivity contribution is -0.275. The number of methoxy groups -OCH3 is 1. The van der Waals surface area contributed by atoms with Crippen LogP contribution in [0.1, 0.15) is 11.1 Å². The molecule has 2 saturated heterocycles. The lowest BCUT2D eigenvalue weighted by Crippen LogP contribution is -2.56. The summed E-state index contributed by atoms with van der Waals surface area (Å²) in [5.41, 5.74) is 2.12. The molecule has 2 fully saturated rings. The van der Waals surface area contributed by atoms with Crippen LogP contribution in [0.2, 0.25) is 0 Å². The summed E-state index contributed by atoms with van der Waals surface area (Å²) in [5, 5.41) is 9.73. The van der Waals surface area contributed by atoms with E-state index < -0.39 is 24.6 Å². The average molecular weight is 386 g/mol. The highest BCUT2D eigenvalue weighted by atomic mass is 16.7. The van der Waals surface area contributed by atoms with Gasteiger partial charge in [0.2, 0.25) is 0 Å². The number of hydrogen-bond acceptors (Lipinski definition) is 6. The predicted molar refractivity (Wildman–Crippen MR) is 101 cm³/mol. The molecule has 0 aliphatic carbocycles.